The Morgan fingerprint density at radius 3 is 2.80 bits per heavy atom. The highest BCUT2D eigenvalue weighted by Gasteiger charge is 2.23. The molecule has 0 saturated heterocycles. The van der Waals surface area contributed by atoms with Gasteiger partial charge in [0.15, 0.2) is 5.76 Å². The van der Waals surface area contributed by atoms with E-state index in [-0.39, 0.29) is 0 Å². The third kappa shape index (κ3) is 4.60. The number of aromatic nitrogens is 1. The van der Waals surface area contributed by atoms with E-state index in [1.54, 1.807) is 0 Å². The summed E-state index contributed by atoms with van der Waals surface area (Å²) < 4.78 is 5.48. The van der Waals surface area contributed by atoms with Crippen molar-refractivity contribution >= 4 is 0 Å². The van der Waals surface area contributed by atoms with Crippen molar-refractivity contribution in [3.8, 4) is 0 Å². The molecule has 4 nitrogen and oxygen atoms in total. The van der Waals surface area contributed by atoms with Gasteiger partial charge in [-0.25, -0.2) is 0 Å². The second kappa shape index (κ2) is 7.79. The number of hydrogen-bond donors (Lipinski definition) is 1. The maximum Gasteiger partial charge on any atom is 0.151 e. The van der Waals surface area contributed by atoms with Gasteiger partial charge in [-0.2, -0.15) is 0 Å². The first-order valence-corrected chi connectivity index (χ1v) is 8.02. The smallest absolute Gasteiger partial charge is 0.151 e. The summed E-state index contributed by atoms with van der Waals surface area (Å²) in [6, 6.07) is 2.83. The summed E-state index contributed by atoms with van der Waals surface area (Å²) >= 11 is 0. The second-order valence-electron chi connectivity index (χ2n) is 6.41. The molecule has 2 rings (SSSR count). The van der Waals surface area contributed by atoms with Crippen LogP contribution in [0, 0.1) is 5.92 Å². The summed E-state index contributed by atoms with van der Waals surface area (Å²) in [5, 5.41) is 7.23. The molecule has 20 heavy (non-hydrogen) atoms. The number of hydrogen-bond acceptors (Lipinski definition) is 4. The SMILES string of the molecule is CNCc1cc(CN(CCC(C)C)C2CCCC2)on1. The van der Waals surface area contributed by atoms with Crippen molar-refractivity contribution in [3.63, 3.8) is 0 Å². The van der Waals surface area contributed by atoms with E-state index in [1.807, 2.05) is 7.05 Å². The van der Waals surface area contributed by atoms with Crippen molar-refractivity contribution in [2.75, 3.05) is 13.6 Å². The normalized spacial score (nSPS) is 16.6. The third-order valence-electron chi connectivity index (χ3n) is 4.16. The molecule has 0 bridgehead atoms. The first kappa shape index (κ1) is 15.5. The van der Waals surface area contributed by atoms with E-state index in [2.05, 4.69) is 35.3 Å². The van der Waals surface area contributed by atoms with Gasteiger partial charge in [0.1, 0.15) is 0 Å². The first-order valence-electron chi connectivity index (χ1n) is 8.02. The Balaban J connectivity index is 1.94. The summed E-state index contributed by atoms with van der Waals surface area (Å²) in [5.41, 5.74) is 0.998. The van der Waals surface area contributed by atoms with E-state index >= 15 is 0 Å². The Hall–Kier alpha value is -0.870. The van der Waals surface area contributed by atoms with Crippen molar-refractivity contribution < 1.29 is 4.52 Å². The summed E-state index contributed by atoms with van der Waals surface area (Å²) in [4.78, 5) is 2.61. The molecule has 1 saturated carbocycles. The molecule has 1 fully saturated rings. The minimum atomic E-state index is 0.742. The van der Waals surface area contributed by atoms with Gasteiger partial charge >= 0.3 is 0 Å². The van der Waals surface area contributed by atoms with E-state index < -0.39 is 0 Å². The number of rotatable bonds is 8. The molecule has 1 aliphatic carbocycles. The molecule has 1 aliphatic rings. The highest BCUT2D eigenvalue weighted by atomic mass is 16.5. The first-order chi connectivity index (χ1) is 9.69. The number of nitrogens with one attached hydrogen (secondary N) is 1. The van der Waals surface area contributed by atoms with Crippen LogP contribution in [-0.2, 0) is 13.1 Å². The fourth-order valence-electron chi connectivity index (χ4n) is 2.98. The topological polar surface area (TPSA) is 41.3 Å². The zero-order valence-electron chi connectivity index (χ0n) is 13.2. The van der Waals surface area contributed by atoms with Crippen molar-refractivity contribution in [1.29, 1.82) is 0 Å². The van der Waals surface area contributed by atoms with Gasteiger partial charge in [-0.15, -0.1) is 0 Å². The standard InChI is InChI=1S/C16H29N3O/c1-13(2)8-9-19(15-6-4-5-7-15)12-16-10-14(11-17-3)18-20-16/h10,13,15,17H,4-9,11-12H2,1-3H3. The molecule has 4 heteroatoms. The minimum absolute atomic E-state index is 0.742. The predicted molar refractivity (Wildman–Crippen MR) is 81.4 cm³/mol. The lowest BCUT2D eigenvalue weighted by molar-refractivity contribution is 0.161. The third-order valence-corrected chi connectivity index (χ3v) is 4.16. The van der Waals surface area contributed by atoms with Gasteiger partial charge in [-0.3, -0.25) is 4.90 Å². The summed E-state index contributed by atoms with van der Waals surface area (Å²) in [6.45, 7) is 7.45. The van der Waals surface area contributed by atoms with Gasteiger partial charge in [0.2, 0.25) is 0 Å². The average molecular weight is 279 g/mol. The zero-order valence-corrected chi connectivity index (χ0v) is 13.2. The molecular weight excluding hydrogens is 250 g/mol. The van der Waals surface area contributed by atoms with Crippen molar-refractivity contribution in [2.24, 2.45) is 5.92 Å². The summed E-state index contributed by atoms with van der Waals surface area (Å²) in [7, 11) is 1.93. The molecule has 0 spiro atoms. The molecule has 0 aromatic carbocycles. The molecule has 0 aliphatic heterocycles. The van der Waals surface area contributed by atoms with Crippen LogP contribution in [0.25, 0.3) is 0 Å². The van der Waals surface area contributed by atoms with Crippen molar-refractivity contribution in [2.45, 2.75) is 65.1 Å². The Morgan fingerprint density at radius 1 is 1.40 bits per heavy atom. The lowest BCUT2D eigenvalue weighted by Crippen LogP contribution is -2.34. The van der Waals surface area contributed by atoms with E-state index in [1.165, 1.54) is 38.6 Å². The van der Waals surface area contributed by atoms with E-state index in [0.29, 0.717) is 0 Å². The van der Waals surface area contributed by atoms with Gasteiger partial charge in [0, 0.05) is 18.7 Å². The fraction of sp³-hybridized carbons (Fsp3) is 0.812. The molecule has 114 valence electrons. The fourth-order valence-corrected chi connectivity index (χ4v) is 2.98. The Kier molecular flexibility index (Phi) is 6.05. The lowest BCUT2D eigenvalue weighted by atomic mass is 10.1. The molecule has 0 amide bonds. The molecule has 0 atom stereocenters. The van der Waals surface area contributed by atoms with Crippen LogP contribution in [0.3, 0.4) is 0 Å². The van der Waals surface area contributed by atoms with E-state index in [9.17, 15) is 0 Å². The Bertz CT molecular complexity index is 383. The molecule has 0 radical (unpaired) electrons. The highest BCUT2D eigenvalue weighted by molar-refractivity contribution is 5.05. The van der Waals surface area contributed by atoms with Crippen LogP contribution >= 0.6 is 0 Å². The van der Waals surface area contributed by atoms with Crippen LogP contribution < -0.4 is 5.32 Å². The van der Waals surface area contributed by atoms with Gasteiger partial charge in [-0.05, 0) is 38.8 Å². The lowest BCUT2D eigenvalue weighted by Gasteiger charge is -2.28. The molecular formula is C16H29N3O. The quantitative estimate of drug-likeness (QED) is 0.793. The van der Waals surface area contributed by atoms with Crippen LogP contribution in [0.2, 0.25) is 0 Å². The molecule has 1 N–H and O–H groups in total. The summed E-state index contributed by atoms with van der Waals surface area (Å²) in [5.74, 6) is 1.76. The Morgan fingerprint density at radius 2 is 2.15 bits per heavy atom. The summed E-state index contributed by atoms with van der Waals surface area (Å²) in [6.07, 6.45) is 6.70. The average Bonchev–Trinajstić information content (AvgIpc) is 3.06. The van der Waals surface area contributed by atoms with Gasteiger partial charge in [-0.1, -0.05) is 31.8 Å². The predicted octanol–water partition coefficient (Wildman–Crippen LogP) is 3.18. The highest BCUT2D eigenvalue weighted by Crippen LogP contribution is 2.25. The Labute approximate surface area is 122 Å². The monoisotopic (exact) mass is 279 g/mol. The minimum Gasteiger partial charge on any atom is -0.360 e. The molecule has 1 heterocycles. The molecule has 1 aromatic rings. The van der Waals surface area contributed by atoms with Gasteiger partial charge in [0.05, 0.1) is 12.2 Å². The van der Waals surface area contributed by atoms with Crippen LogP contribution in [0.1, 0.15) is 57.4 Å². The number of nitrogens with zero attached hydrogens (tertiary/aromatic N) is 2. The second-order valence-corrected chi connectivity index (χ2v) is 6.41. The van der Waals surface area contributed by atoms with Crippen LogP contribution in [0.5, 0.6) is 0 Å². The maximum absolute atomic E-state index is 5.48. The molecule has 0 unspecified atom stereocenters. The van der Waals surface area contributed by atoms with Crippen LogP contribution in [0.15, 0.2) is 10.6 Å². The maximum atomic E-state index is 5.48. The van der Waals surface area contributed by atoms with Gasteiger partial charge < -0.3 is 9.84 Å². The molecule has 1 aromatic heterocycles. The largest absolute Gasteiger partial charge is 0.360 e. The van der Waals surface area contributed by atoms with Crippen LogP contribution in [0.4, 0.5) is 0 Å². The van der Waals surface area contributed by atoms with E-state index in [4.69, 9.17) is 4.52 Å². The van der Waals surface area contributed by atoms with Crippen LogP contribution in [-0.4, -0.2) is 29.7 Å². The van der Waals surface area contributed by atoms with Crippen molar-refractivity contribution in [3.05, 3.63) is 17.5 Å². The zero-order chi connectivity index (χ0) is 14.4. The van der Waals surface area contributed by atoms with E-state index in [0.717, 1.165) is 36.5 Å². The van der Waals surface area contributed by atoms with Crippen molar-refractivity contribution in [1.82, 2.24) is 15.4 Å². The van der Waals surface area contributed by atoms with Gasteiger partial charge in [0.25, 0.3) is 0 Å².